The number of rotatable bonds is 2. The van der Waals surface area contributed by atoms with Crippen LogP contribution in [0, 0.1) is 13.8 Å². The summed E-state index contributed by atoms with van der Waals surface area (Å²) < 4.78 is 0. The van der Waals surface area contributed by atoms with Crippen LogP contribution >= 0.6 is 11.6 Å². The van der Waals surface area contributed by atoms with Crippen LogP contribution in [0.15, 0.2) is 0 Å². The van der Waals surface area contributed by atoms with E-state index in [1.54, 1.807) is 0 Å². The number of aromatic hydroxyl groups is 1. The molecule has 0 aliphatic rings. The molecular weight excluding hydrogens is 208 g/mol. The zero-order valence-corrected chi connectivity index (χ0v) is 10.9. The smallest absolute Gasteiger partial charge is 0.138 e. The lowest BCUT2D eigenvalue weighted by Gasteiger charge is -2.19. The summed E-state index contributed by atoms with van der Waals surface area (Å²) in [6, 6.07) is 0. The molecule has 1 nitrogen and oxygen atoms in total. The second kappa shape index (κ2) is 4.44. The summed E-state index contributed by atoms with van der Waals surface area (Å²) in [5.41, 5.74) is 4.45. The van der Waals surface area contributed by atoms with Crippen molar-refractivity contribution in [3.05, 3.63) is 27.3 Å². The maximum absolute atomic E-state index is 10.0. The third kappa shape index (κ3) is 1.98. The van der Waals surface area contributed by atoms with E-state index >= 15 is 0 Å². The van der Waals surface area contributed by atoms with E-state index in [4.69, 9.17) is 11.6 Å². The molecule has 0 saturated carbocycles. The highest BCUT2D eigenvalue weighted by atomic mass is 35.5. The Hall–Kier alpha value is -0.690. The van der Waals surface area contributed by atoms with Crippen LogP contribution in [0.5, 0.6) is 5.75 Å². The van der Waals surface area contributed by atoms with E-state index in [0.717, 1.165) is 17.5 Å². The fourth-order valence-electron chi connectivity index (χ4n) is 2.29. The first-order valence-corrected chi connectivity index (χ1v) is 5.79. The SMILES string of the molecule is CCc1c(C)c(Cl)c(O)c(C(C)C)c1C. The van der Waals surface area contributed by atoms with Crippen molar-refractivity contribution in [1.29, 1.82) is 0 Å². The number of phenolic OH excluding ortho intramolecular Hbond substituents is 1. The van der Waals surface area contributed by atoms with Gasteiger partial charge in [0.1, 0.15) is 5.75 Å². The summed E-state index contributed by atoms with van der Waals surface area (Å²) in [7, 11) is 0. The molecule has 0 unspecified atom stereocenters. The average molecular weight is 227 g/mol. The third-order valence-electron chi connectivity index (χ3n) is 3.03. The van der Waals surface area contributed by atoms with Gasteiger partial charge in [-0.1, -0.05) is 32.4 Å². The molecule has 1 aromatic carbocycles. The maximum atomic E-state index is 10.0. The summed E-state index contributed by atoms with van der Waals surface area (Å²) in [6.07, 6.45) is 0.956. The molecule has 1 rings (SSSR count). The minimum absolute atomic E-state index is 0.263. The number of phenols is 1. The molecule has 2 heteroatoms. The number of benzene rings is 1. The van der Waals surface area contributed by atoms with Gasteiger partial charge in [-0.15, -0.1) is 0 Å². The molecule has 0 saturated heterocycles. The molecule has 15 heavy (non-hydrogen) atoms. The van der Waals surface area contributed by atoms with Crippen molar-refractivity contribution in [2.75, 3.05) is 0 Å². The number of hydrogen-bond acceptors (Lipinski definition) is 1. The molecule has 0 spiro atoms. The predicted octanol–water partition coefficient (Wildman–Crippen LogP) is 4.35. The topological polar surface area (TPSA) is 20.2 Å². The van der Waals surface area contributed by atoms with E-state index in [9.17, 15) is 5.11 Å². The molecule has 0 aromatic heterocycles. The number of halogens is 1. The molecule has 0 aliphatic carbocycles. The Kier molecular flexibility index (Phi) is 3.67. The van der Waals surface area contributed by atoms with Gasteiger partial charge in [0.25, 0.3) is 0 Å². The van der Waals surface area contributed by atoms with Crippen molar-refractivity contribution in [2.24, 2.45) is 0 Å². The van der Waals surface area contributed by atoms with Gasteiger partial charge in [-0.3, -0.25) is 0 Å². The molecular formula is C13H19ClO. The maximum Gasteiger partial charge on any atom is 0.138 e. The Bertz CT molecular complexity index is 381. The van der Waals surface area contributed by atoms with Gasteiger partial charge in [0, 0.05) is 5.56 Å². The predicted molar refractivity (Wildman–Crippen MR) is 66.1 cm³/mol. The van der Waals surface area contributed by atoms with Crippen LogP contribution in [0.4, 0.5) is 0 Å². The standard InChI is InChI=1S/C13H19ClO/c1-6-10-8(4)11(7(2)3)13(15)12(14)9(10)5/h7,15H,6H2,1-5H3. The van der Waals surface area contributed by atoms with Crippen LogP contribution in [-0.2, 0) is 6.42 Å². The minimum atomic E-state index is 0.263. The highest BCUT2D eigenvalue weighted by Crippen LogP contribution is 2.40. The largest absolute Gasteiger partial charge is 0.506 e. The quantitative estimate of drug-likeness (QED) is 0.795. The van der Waals surface area contributed by atoms with Crippen LogP contribution in [0.2, 0.25) is 5.02 Å². The molecule has 1 aromatic rings. The van der Waals surface area contributed by atoms with E-state index in [1.165, 1.54) is 11.1 Å². The molecule has 0 fully saturated rings. The van der Waals surface area contributed by atoms with Gasteiger partial charge in [-0.25, -0.2) is 0 Å². The van der Waals surface area contributed by atoms with Crippen LogP contribution in [0.25, 0.3) is 0 Å². The third-order valence-corrected chi connectivity index (χ3v) is 3.49. The van der Waals surface area contributed by atoms with Crippen LogP contribution in [0.1, 0.15) is 48.9 Å². The zero-order chi connectivity index (χ0) is 11.7. The van der Waals surface area contributed by atoms with Gasteiger partial charge in [-0.05, 0) is 42.9 Å². The highest BCUT2D eigenvalue weighted by molar-refractivity contribution is 6.33. The van der Waals surface area contributed by atoms with E-state index < -0.39 is 0 Å². The van der Waals surface area contributed by atoms with Gasteiger partial charge in [-0.2, -0.15) is 0 Å². The van der Waals surface area contributed by atoms with Gasteiger partial charge in [0.15, 0.2) is 0 Å². The Labute approximate surface area is 97.1 Å². The Balaban J connectivity index is 3.60. The van der Waals surface area contributed by atoms with Crippen molar-refractivity contribution in [2.45, 2.75) is 47.0 Å². The lowest BCUT2D eigenvalue weighted by Crippen LogP contribution is -2.01. The van der Waals surface area contributed by atoms with Crippen LogP contribution in [-0.4, -0.2) is 5.11 Å². The summed E-state index contributed by atoms with van der Waals surface area (Å²) >= 11 is 6.13. The first kappa shape index (κ1) is 12.4. The molecule has 84 valence electrons. The minimum Gasteiger partial charge on any atom is -0.506 e. The molecule has 0 bridgehead atoms. The molecule has 0 heterocycles. The van der Waals surface area contributed by atoms with E-state index in [-0.39, 0.29) is 5.75 Å². The lowest BCUT2D eigenvalue weighted by molar-refractivity contribution is 0.463. The van der Waals surface area contributed by atoms with Crippen molar-refractivity contribution < 1.29 is 5.11 Å². The van der Waals surface area contributed by atoms with Gasteiger partial charge in [0.2, 0.25) is 0 Å². The second-order valence-corrected chi connectivity index (χ2v) is 4.69. The fraction of sp³-hybridized carbons (Fsp3) is 0.538. The molecule has 0 atom stereocenters. The van der Waals surface area contributed by atoms with Crippen LogP contribution < -0.4 is 0 Å². The monoisotopic (exact) mass is 226 g/mol. The lowest BCUT2D eigenvalue weighted by atomic mass is 9.89. The average Bonchev–Trinajstić information content (AvgIpc) is 2.15. The Morgan fingerprint density at radius 2 is 1.73 bits per heavy atom. The van der Waals surface area contributed by atoms with Gasteiger partial charge >= 0.3 is 0 Å². The van der Waals surface area contributed by atoms with Crippen molar-refractivity contribution in [1.82, 2.24) is 0 Å². The fourth-order valence-corrected chi connectivity index (χ4v) is 2.50. The Morgan fingerprint density at radius 3 is 2.13 bits per heavy atom. The normalized spacial score (nSPS) is 11.1. The molecule has 1 N–H and O–H groups in total. The zero-order valence-electron chi connectivity index (χ0n) is 10.1. The van der Waals surface area contributed by atoms with Crippen molar-refractivity contribution in [3.8, 4) is 5.75 Å². The number of hydrogen-bond donors (Lipinski definition) is 1. The van der Waals surface area contributed by atoms with E-state index in [2.05, 4.69) is 27.7 Å². The molecule has 0 amide bonds. The molecule has 0 aliphatic heterocycles. The van der Waals surface area contributed by atoms with E-state index in [0.29, 0.717) is 10.9 Å². The highest BCUT2D eigenvalue weighted by Gasteiger charge is 2.18. The van der Waals surface area contributed by atoms with Crippen molar-refractivity contribution >= 4 is 11.6 Å². The first-order valence-electron chi connectivity index (χ1n) is 5.42. The van der Waals surface area contributed by atoms with Crippen molar-refractivity contribution in [3.63, 3.8) is 0 Å². The summed E-state index contributed by atoms with van der Waals surface area (Å²) in [5.74, 6) is 0.562. The second-order valence-electron chi connectivity index (χ2n) is 4.31. The first-order chi connectivity index (χ1) is 6.91. The van der Waals surface area contributed by atoms with Gasteiger partial charge in [0.05, 0.1) is 5.02 Å². The molecule has 0 radical (unpaired) electrons. The van der Waals surface area contributed by atoms with Crippen LogP contribution in [0.3, 0.4) is 0 Å². The summed E-state index contributed by atoms with van der Waals surface area (Å²) in [5, 5.41) is 10.5. The Morgan fingerprint density at radius 1 is 1.20 bits per heavy atom. The van der Waals surface area contributed by atoms with E-state index in [1.807, 2.05) is 6.92 Å². The van der Waals surface area contributed by atoms with Gasteiger partial charge < -0.3 is 5.11 Å². The summed E-state index contributed by atoms with van der Waals surface area (Å²) in [4.78, 5) is 0. The summed E-state index contributed by atoms with van der Waals surface area (Å²) in [6.45, 7) is 10.3.